The van der Waals surface area contributed by atoms with Crippen LogP contribution in [0, 0.1) is 13.8 Å². The molecule has 0 unspecified atom stereocenters. The largest absolute Gasteiger partial charge is 0.322 e. The van der Waals surface area contributed by atoms with E-state index >= 15 is 0 Å². The number of nitrogens with one attached hydrogen (secondary N) is 2. The maximum absolute atomic E-state index is 13.0. The van der Waals surface area contributed by atoms with Gasteiger partial charge in [-0.1, -0.05) is 91.0 Å². The summed E-state index contributed by atoms with van der Waals surface area (Å²) in [5.74, 6) is 0.234. The first-order valence-electron chi connectivity index (χ1n) is 14.3. The SMILES string of the molecule is Cc1ccccc1C(=O)Nc1cccc(-c2cc(-c3cccc(NC(=O)c4ccccc4C)c3)nc(-c3ccccc3)n2)c1. The molecule has 6 nitrogen and oxygen atoms in total. The number of hydrogen-bond acceptors (Lipinski definition) is 4. The summed E-state index contributed by atoms with van der Waals surface area (Å²) in [6.45, 7) is 3.84. The predicted molar refractivity (Wildman–Crippen MR) is 177 cm³/mol. The molecule has 1 aromatic heterocycles. The van der Waals surface area contributed by atoms with Gasteiger partial charge in [-0.3, -0.25) is 9.59 Å². The lowest BCUT2D eigenvalue weighted by Gasteiger charge is -2.12. The van der Waals surface area contributed by atoms with Gasteiger partial charge in [0.1, 0.15) is 0 Å². The van der Waals surface area contributed by atoms with Gasteiger partial charge < -0.3 is 10.6 Å². The van der Waals surface area contributed by atoms with Crippen LogP contribution in [0.4, 0.5) is 11.4 Å². The molecule has 6 rings (SSSR count). The van der Waals surface area contributed by atoms with Crippen molar-refractivity contribution in [3.63, 3.8) is 0 Å². The molecule has 1 heterocycles. The van der Waals surface area contributed by atoms with Gasteiger partial charge in [0, 0.05) is 39.2 Å². The van der Waals surface area contributed by atoms with E-state index in [2.05, 4.69) is 10.6 Å². The van der Waals surface area contributed by atoms with Crippen LogP contribution in [0.5, 0.6) is 0 Å². The molecule has 5 aromatic carbocycles. The van der Waals surface area contributed by atoms with Crippen molar-refractivity contribution in [1.29, 1.82) is 0 Å². The Morgan fingerprint density at radius 1 is 0.477 bits per heavy atom. The van der Waals surface area contributed by atoms with Crippen LogP contribution >= 0.6 is 0 Å². The minimum atomic E-state index is -0.168. The van der Waals surface area contributed by atoms with E-state index < -0.39 is 0 Å². The van der Waals surface area contributed by atoms with Gasteiger partial charge in [0.05, 0.1) is 11.4 Å². The van der Waals surface area contributed by atoms with Gasteiger partial charge in [-0.05, 0) is 67.4 Å². The minimum absolute atomic E-state index is 0.168. The topological polar surface area (TPSA) is 84.0 Å². The predicted octanol–water partition coefficient (Wildman–Crippen LogP) is 8.60. The van der Waals surface area contributed by atoms with E-state index in [4.69, 9.17) is 9.97 Å². The Morgan fingerprint density at radius 3 is 1.39 bits per heavy atom. The van der Waals surface area contributed by atoms with E-state index in [1.807, 2.05) is 147 Å². The van der Waals surface area contributed by atoms with Crippen LogP contribution in [-0.2, 0) is 0 Å². The number of aryl methyl sites for hydroxylation is 2. The highest BCUT2D eigenvalue weighted by Crippen LogP contribution is 2.30. The fourth-order valence-electron chi connectivity index (χ4n) is 5.02. The third-order valence-electron chi connectivity index (χ3n) is 7.37. The average molecular weight is 575 g/mol. The molecule has 2 N–H and O–H groups in total. The van der Waals surface area contributed by atoms with Gasteiger partial charge >= 0.3 is 0 Å². The molecule has 2 amide bonds. The molecular weight excluding hydrogens is 544 g/mol. The summed E-state index contributed by atoms with van der Waals surface area (Å²) in [5, 5.41) is 6.04. The molecule has 6 aromatic rings. The third-order valence-corrected chi connectivity index (χ3v) is 7.37. The normalized spacial score (nSPS) is 10.7. The number of carbonyl (C=O) groups is 2. The molecule has 0 saturated carbocycles. The lowest BCUT2D eigenvalue weighted by atomic mass is 10.0. The number of amides is 2. The van der Waals surface area contributed by atoms with Gasteiger partial charge in [-0.2, -0.15) is 0 Å². The van der Waals surface area contributed by atoms with Crippen molar-refractivity contribution in [1.82, 2.24) is 9.97 Å². The Kier molecular flexibility index (Phi) is 8.06. The van der Waals surface area contributed by atoms with Crippen LogP contribution in [0.15, 0.2) is 133 Å². The van der Waals surface area contributed by atoms with Crippen LogP contribution in [0.2, 0.25) is 0 Å². The molecule has 6 heteroatoms. The zero-order chi connectivity index (χ0) is 30.5. The molecule has 0 radical (unpaired) electrons. The van der Waals surface area contributed by atoms with Crippen molar-refractivity contribution < 1.29 is 9.59 Å². The lowest BCUT2D eigenvalue weighted by Crippen LogP contribution is -2.13. The van der Waals surface area contributed by atoms with E-state index in [9.17, 15) is 9.59 Å². The maximum atomic E-state index is 13.0. The van der Waals surface area contributed by atoms with Crippen molar-refractivity contribution in [2.75, 3.05) is 10.6 Å². The number of carbonyl (C=O) groups excluding carboxylic acids is 2. The molecule has 0 aliphatic heterocycles. The number of aromatic nitrogens is 2. The zero-order valence-corrected chi connectivity index (χ0v) is 24.4. The van der Waals surface area contributed by atoms with Gasteiger partial charge in [0.15, 0.2) is 5.82 Å². The molecule has 0 spiro atoms. The monoisotopic (exact) mass is 574 g/mol. The molecule has 0 saturated heterocycles. The smallest absolute Gasteiger partial charge is 0.255 e. The van der Waals surface area contributed by atoms with E-state index in [-0.39, 0.29) is 11.8 Å². The van der Waals surface area contributed by atoms with Crippen molar-refractivity contribution in [3.05, 3.63) is 156 Å². The van der Waals surface area contributed by atoms with Crippen LogP contribution in [0.3, 0.4) is 0 Å². The highest BCUT2D eigenvalue weighted by atomic mass is 16.2. The summed E-state index contributed by atoms with van der Waals surface area (Å²) < 4.78 is 0. The fourth-order valence-corrected chi connectivity index (χ4v) is 5.02. The summed E-state index contributed by atoms with van der Waals surface area (Å²) in [6, 6.07) is 42.0. The van der Waals surface area contributed by atoms with Crippen molar-refractivity contribution in [2.24, 2.45) is 0 Å². The minimum Gasteiger partial charge on any atom is -0.322 e. The van der Waals surface area contributed by atoms with E-state index in [0.29, 0.717) is 39.7 Å². The Morgan fingerprint density at radius 2 is 0.909 bits per heavy atom. The first-order chi connectivity index (χ1) is 21.4. The van der Waals surface area contributed by atoms with Gasteiger partial charge in [0.25, 0.3) is 11.8 Å². The molecule has 0 fully saturated rings. The summed E-state index contributed by atoms with van der Waals surface area (Å²) in [5.41, 5.74) is 8.35. The van der Waals surface area contributed by atoms with Crippen molar-refractivity contribution in [3.8, 4) is 33.9 Å². The summed E-state index contributed by atoms with van der Waals surface area (Å²) in [7, 11) is 0. The molecule has 0 aliphatic rings. The molecule has 214 valence electrons. The molecule has 0 aliphatic carbocycles. The van der Waals surface area contributed by atoms with E-state index in [0.717, 1.165) is 27.8 Å². The number of rotatable bonds is 7. The summed E-state index contributed by atoms with van der Waals surface area (Å²) in [4.78, 5) is 35.9. The van der Waals surface area contributed by atoms with E-state index in [1.54, 1.807) is 0 Å². The second kappa shape index (κ2) is 12.5. The molecule has 44 heavy (non-hydrogen) atoms. The highest BCUT2D eigenvalue weighted by molar-refractivity contribution is 6.06. The second-order valence-corrected chi connectivity index (χ2v) is 10.5. The maximum Gasteiger partial charge on any atom is 0.255 e. The summed E-state index contributed by atoms with van der Waals surface area (Å²) in [6.07, 6.45) is 0. The second-order valence-electron chi connectivity index (χ2n) is 10.5. The van der Waals surface area contributed by atoms with E-state index in [1.165, 1.54) is 0 Å². The first kappa shape index (κ1) is 28.2. The van der Waals surface area contributed by atoms with Crippen LogP contribution in [0.1, 0.15) is 31.8 Å². The van der Waals surface area contributed by atoms with Crippen molar-refractivity contribution in [2.45, 2.75) is 13.8 Å². The third kappa shape index (κ3) is 6.30. The molecule has 0 atom stereocenters. The van der Waals surface area contributed by atoms with Crippen LogP contribution in [0.25, 0.3) is 33.9 Å². The van der Waals surface area contributed by atoms with Gasteiger partial charge in [0.2, 0.25) is 0 Å². The highest BCUT2D eigenvalue weighted by Gasteiger charge is 2.14. The standard InChI is InChI=1S/C38H30N4O2/c1-25-12-6-8-20-32(25)37(43)39-30-18-10-16-28(22-30)34-24-35(42-36(41-34)27-14-4-3-5-15-27)29-17-11-19-31(23-29)40-38(44)33-21-9-7-13-26(33)2/h3-24H,1-2H3,(H,39,43)(H,40,44). The summed E-state index contributed by atoms with van der Waals surface area (Å²) >= 11 is 0. The Labute approximate surface area is 256 Å². The Hall–Kier alpha value is -5.88. The quantitative estimate of drug-likeness (QED) is 0.200. The van der Waals surface area contributed by atoms with Gasteiger partial charge in [-0.25, -0.2) is 9.97 Å². The lowest BCUT2D eigenvalue weighted by molar-refractivity contribution is 0.101. The Bertz CT molecular complexity index is 1860. The van der Waals surface area contributed by atoms with Crippen LogP contribution in [-0.4, -0.2) is 21.8 Å². The molecular formula is C38H30N4O2. The first-order valence-corrected chi connectivity index (χ1v) is 14.3. The number of benzene rings is 5. The zero-order valence-electron chi connectivity index (χ0n) is 24.4. The van der Waals surface area contributed by atoms with Crippen LogP contribution < -0.4 is 10.6 Å². The van der Waals surface area contributed by atoms with Gasteiger partial charge in [-0.15, -0.1) is 0 Å². The number of nitrogens with zero attached hydrogens (tertiary/aromatic N) is 2. The fraction of sp³-hybridized carbons (Fsp3) is 0.0526. The number of hydrogen-bond donors (Lipinski definition) is 2. The van der Waals surface area contributed by atoms with Crippen molar-refractivity contribution >= 4 is 23.2 Å². The Balaban J connectivity index is 1.36. The average Bonchev–Trinajstić information content (AvgIpc) is 3.05. The molecule has 0 bridgehead atoms. The number of anilines is 2.